The second-order valence-electron chi connectivity index (χ2n) is 5.62. The van der Waals surface area contributed by atoms with Crippen LogP contribution in [-0.4, -0.2) is 12.6 Å². The van der Waals surface area contributed by atoms with Gasteiger partial charge in [0.1, 0.15) is 17.4 Å². The molecular weight excluding hydrogens is 284 g/mol. The van der Waals surface area contributed by atoms with Crippen LogP contribution in [0.3, 0.4) is 0 Å². The van der Waals surface area contributed by atoms with Crippen LogP contribution in [0.4, 0.5) is 8.78 Å². The summed E-state index contributed by atoms with van der Waals surface area (Å²) >= 11 is 0. The van der Waals surface area contributed by atoms with Gasteiger partial charge in [-0.05, 0) is 68.3 Å². The van der Waals surface area contributed by atoms with E-state index in [0.29, 0.717) is 12.0 Å². The molecule has 0 aliphatic heterocycles. The van der Waals surface area contributed by atoms with Crippen LogP contribution >= 0.6 is 0 Å². The van der Waals surface area contributed by atoms with Crippen molar-refractivity contribution < 1.29 is 13.5 Å². The zero-order valence-corrected chi connectivity index (χ0v) is 12.9. The molecule has 0 bridgehead atoms. The van der Waals surface area contributed by atoms with Crippen LogP contribution in [-0.2, 0) is 6.42 Å². The summed E-state index contributed by atoms with van der Waals surface area (Å²) in [5, 5.41) is 0. The van der Waals surface area contributed by atoms with E-state index in [1.807, 2.05) is 38.1 Å². The van der Waals surface area contributed by atoms with Gasteiger partial charge in [-0.3, -0.25) is 0 Å². The van der Waals surface area contributed by atoms with Crippen molar-refractivity contribution in [2.75, 3.05) is 6.54 Å². The van der Waals surface area contributed by atoms with E-state index >= 15 is 0 Å². The molecule has 1 atom stereocenters. The van der Waals surface area contributed by atoms with Crippen LogP contribution in [0.2, 0.25) is 0 Å². The van der Waals surface area contributed by atoms with Crippen molar-refractivity contribution in [2.24, 2.45) is 5.73 Å². The lowest BCUT2D eigenvalue weighted by molar-refractivity contribution is 0.242. The van der Waals surface area contributed by atoms with Crippen LogP contribution in [0.25, 0.3) is 0 Å². The monoisotopic (exact) mass is 305 g/mol. The molecule has 0 saturated carbocycles. The van der Waals surface area contributed by atoms with Crippen LogP contribution in [0.15, 0.2) is 42.5 Å². The van der Waals surface area contributed by atoms with E-state index in [4.69, 9.17) is 10.5 Å². The van der Waals surface area contributed by atoms with Crippen molar-refractivity contribution in [1.82, 2.24) is 0 Å². The summed E-state index contributed by atoms with van der Waals surface area (Å²) in [6, 6.07) is 11.1. The summed E-state index contributed by atoms with van der Waals surface area (Å²) in [6.07, 6.45) is 0.618. The summed E-state index contributed by atoms with van der Waals surface area (Å²) in [5.74, 6) is -0.383. The smallest absolute Gasteiger partial charge is 0.126 e. The zero-order chi connectivity index (χ0) is 16.1. The van der Waals surface area contributed by atoms with E-state index in [0.717, 1.165) is 23.4 Å². The molecule has 0 spiro atoms. The first-order valence-electron chi connectivity index (χ1n) is 7.40. The molecule has 1 unspecified atom stereocenters. The highest BCUT2D eigenvalue weighted by molar-refractivity contribution is 5.32. The Kier molecular flexibility index (Phi) is 5.50. The number of rotatable bonds is 6. The number of halogens is 2. The first-order valence-corrected chi connectivity index (χ1v) is 7.40. The molecule has 0 heterocycles. The van der Waals surface area contributed by atoms with Crippen molar-refractivity contribution in [3.05, 3.63) is 65.2 Å². The second kappa shape index (κ2) is 7.36. The molecule has 0 saturated heterocycles. The fraction of sp³-hybridized carbons (Fsp3) is 0.333. The Balaban J connectivity index is 2.21. The lowest BCUT2D eigenvalue weighted by atomic mass is 9.91. The molecule has 2 aromatic rings. The van der Waals surface area contributed by atoms with Gasteiger partial charge in [0.2, 0.25) is 0 Å². The predicted octanol–water partition coefficient (Wildman–Crippen LogP) is 4.04. The van der Waals surface area contributed by atoms with Crippen molar-refractivity contribution in [3.8, 4) is 5.75 Å². The van der Waals surface area contributed by atoms with E-state index in [2.05, 4.69) is 0 Å². The molecule has 2 N–H and O–H groups in total. The Morgan fingerprint density at radius 2 is 1.86 bits per heavy atom. The highest BCUT2D eigenvalue weighted by Gasteiger charge is 2.16. The van der Waals surface area contributed by atoms with Gasteiger partial charge in [0.05, 0.1) is 6.10 Å². The van der Waals surface area contributed by atoms with Gasteiger partial charge in [-0.1, -0.05) is 12.1 Å². The molecular formula is C18H21F2NO. The molecule has 2 rings (SSSR count). The second-order valence-corrected chi connectivity index (χ2v) is 5.62. The summed E-state index contributed by atoms with van der Waals surface area (Å²) in [6.45, 7) is 4.16. The fourth-order valence-corrected chi connectivity index (χ4v) is 2.45. The molecule has 2 nitrogen and oxygen atoms in total. The quantitative estimate of drug-likeness (QED) is 0.874. The Morgan fingerprint density at radius 1 is 1.09 bits per heavy atom. The number of benzene rings is 2. The number of hydrogen-bond donors (Lipinski definition) is 1. The highest BCUT2D eigenvalue weighted by atomic mass is 19.1. The predicted molar refractivity (Wildman–Crippen MR) is 84.1 cm³/mol. The standard InChI is InChI=1S/C18H21F2NO/c1-12(2)22-16-5-3-4-13(9-16)8-14(11-21)17-10-15(19)6-7-18(17)20/h3-7,9-10,12,14H,8,11,21H2,1-2H3. The average molecular weight is 305 g/mol. The first-order chi connectivity index (χ1) is 10.5. The van der Waals surface area contributed by atoms with Gasteiger partial charge in [0, 0.05) is 5.92 Å². The Bertz CT molecular complexity index is 628. The number of ether oxygens (including phenoxy) is 1. The van der Waals surface area contributed by atoms with Gasteiger partial charge in [-0.2, -0.15) is 0 Å². The molecule has 2 aromatic carbocycles. The third-order valence-corrected chi connectivity index (χ3v) is 3.43. The lowest BCUT2D eigenvalue weighted by Crippen LogP contribution is -2.17. The maximum absolute atomic E-state index is 13.9. The van der Waals surface area contributed by atoms with E-state index in [1.165, 1.54) is 6.07 Å². The molecule has 0 radical (unpaired) electrons. The summed E-state index contributed by atoms with van der Waals surface area (Å²) < 4.78 is 32.9. The Hall–Kier alpha value is -1.94. The maximum Gasteiger partial charge on any atom is 0.126 e. The van der Waals surface area contributed by atoms with Gasteiger partial charge < -0.3 is 10.5 Å². The lowest BCUT2D eigenvalue weighted by Gasteiger charge is -2.17. The van der Waals surface area contributed by atoms with Gasteiger partial charge in [-0.25, -0.2) is 8.78 Å². The molecule has 22 heavy (non-hydrogen) atoms. The molecule has 4 heteroatoms. The maximum atomic E-state index is 13.9. The largest absolute Gasteiger partial charge is 0.491 e. The normalized spacial score (nSPS) is 12.5. The van der Waals surface area contributed by atoms with E-state index < -0.39 is 11.6 Å². The van der Waals surface area contributed by atoms with Gasteiger partial charge in [0.15, 0.2) is 0 Å². The number of nitrogens with two attached hydrogens (primary N) is 1. The van der Waals surface area contributed by atoms with Crippen LogP contribution in [0.1, 0.15) is 30.9 Å². The topological polar surface area (TPSA) is 35.2 Å². The molecule has 0 aliphatic rings. The molecule has 0 amide bonds. The van der Waals surface area contributed by atoms with Gasteiger partial charge >= 0.3 is 0 Å². The van der Waals surface area contributed by atoms with E-state index in [1.54, 1.807) is 0 Å². The molecule has 118 valence electrons. The van der Waals surface area contributed by atoms with Crippen molar-refractivity contribution in [1.29, 1.82) is 0 Å². The summed E-state index contributed by atoms with van der Waals surface area (Å²) in [4.78, 5) is 0. The van der Waals surface area contributed by atoms with Crippen molar-refractivity contribution in [3.63, 3.8) is 0 Å². The minimum atomic E-state index is -0.452. The third kappa shape index (κ3) is 4.28. The van der Waals surface area contributed by atoms with E-state index in [9.17, 15) is 8.78 Å². The van der Waals surface area contributed by atoms with Crippen LogP contribution in [0, 0.1) is 11.6 Å². The average Bonchev–Trinajstić information content (AvgIpc) is 2.47. The van der Waals surface area contributed by atoms with Gasteiger partial charge in [0.25, 0.3) is 0 Å². The SMILES string of the molecule is CC(C)Oc1cccc(CC(CN)c2cc(F)ccc2F)c1. The summed E-state index contributed by atoms with van der Waals surface area (Å²) in [7, 11) is 0. The number of hydrogen-bond acceptors (Lipinski definition) is 2. The van der Waals surface area contributed by atoms with Gasteiger partial charge in [-0.15, -0.1) is 0 Å². The Morgan fingerprint density at radius 3 is 2.55 bits per heavy atom. The summed E-state index contributed by atoms with van der Waals surface area (Å²) in [5.41, 5.74) is 7.07. The zero-order valence-electron chi connectivity index (χ0n) is 12.9. The van der Waals surface area contributed by atoms with Crippen LogP contribution in [0.5, 0.6) is 5.75 Å². The van der Waals surface area contributed by atoms with Crippen molar-refractivity contribution in [2.45, 2.75) is 32.3 Å². The highest BCUT2D eigenvalue weighted by Crippen LogP contribution is 2.25. The van der Waals surface area contributed by atoms with Crippen LogP contribution < -0.4 is 10.5 Å². The van der Waals surface area contributed by atoms with E-state index in [-0.39, 0.29) is 18.6 Å². The Labute approximate surface area is 129 Å². The molecule has 0 fully saturated rings. The minimum absolute atomic E-state index is 0.0845. The minimum Gasteiger partial charge on any atom is -0.491 e. The molecule has 0 aromatic heterocycles. The van der Waals surface area contributed by atoms with Crippen molar-refractivity contribution >= 4 is 0 Å². The third-order valence-electron chi connectivity index (χ3n) is 3.43. The molecule has 0 aliphatic carbocycles. The fourth-order valence-electron chi connectivity index (χ4n) is 2.45. The first kappa shape index (κ1) is 16.4.